The Balaban J connectivity index is 1.78. The van der Waals surface area contributed by atoms with Crippen LogP contribution in [0.25, 0.3) is 16.6 Å². The molecule has 0 atom stereocenters. The van der Waals surface area contributed by atoms with Gasteiger partial charge in [0.25, 0.3) is 0 Å². The Hall–Kier alpha value is -2.30. The fourth-order valence-corrected chi connectivity index (χ4v) is 3.04. The van der Waals surface area contributed by atoms with Crippen LogP contribution in [0.3, 0.4) is 0 Å². The van der Waals surface area contributed by atoms with E-state index in [2.05, 4.69) is 16.9 Å². The molecule has 0 amide bonds. The normalized spacial score (nSPS) is 15.2. The summed E-state index contributed by atoms with van der Waals surface area (Å²) in [6.45, 7) is 5.45. The number of nitrogens with one attached hydrogen (secondary N) is 2. The summed E-state index contributed by atoms with van der Waals surface area (Å²) in [7, 11) is 0. The number of benzene rings is 1. The van der Waals surface area contributed by atoms with Crippen LogP contribution in [-0.4, -0.2) is 38.9 Å². The molecule has 1 aliphatic rings. The highest BCUT2D eigenvalue weighted by molar-refractivity contribution is 6.23. The number of aromatic nitrogens is 2. The first-order chi connectivity index (χ1) is 11.1. The highest BCUT2D eigenvalue weighted by atomic mass is 16.3. The van der Waals surface area contributed by atoms with Crippen molar-refractivity contribution >= 4 is 22.4 Å². The smallest absolute Gasteiger partial charge is 0.145 e. The minimum Gasteiger partial charge on any atom is -0.510 e. The van der Waals surface area contributed by atoms with Crippen LogP contribution in [-0.2, 0) is 0 Å². The van der Waals surface area contributed by atoms with Crippen LogP contribution < -0.4 is 0 Å². The SMILES string of the molecule is CCCCCCN1CC(O)=C(c2nc3ccc(C)cc3[nH]2)C1=N. The van der Waals surface area contributed by atoms with E-state index in [0.717, 1.165) is 29.6 Å². The summed E-state index contributed by atoms with van der Waals surface area (Å²) in [4.78, 5) is 9.71. The molecule has 2 heterocycles. The van der Waals surface area contributed by atoms with Crippen molar-refractivity contribution in [2.24, 2.45) is 0 Å². The first kappa shape index (κ1) is 15.6. The number of hydrogen-bond donors (Lipinski definition) is 3. The summed E-state index contributed by atoms with van der Waals surface area (Å²) in [5.41, 5.74) is 3.49. The third-order valence-corrected chi connectivity index (χ3v) is 4.34. The van der Waals surface area contributed by atoms with Gasteiger partial charge in [-0.2, -0.15) is 0 Å². The summed E-state index contributed by atoms with van der Waals surface area (Å²) < 4.78 is 0. The maximum Gasteiger partial charge on any atom is 0.145 e. The van der Waals surface area contributed by atoms with E-state index in [1.54, 1.807) is 0 Å². The number of aliphatic hydroxyl groups is 1. The number of unbranched alkanes of at least 4 members (excludes halogenated alkanes) is 3. The Labute approximate surface area is 136 Å². The lowest BCUT2D eigenvalue weighted by Gasteiger charge is -2.18. The molecule has 1 aromatic heterocycles. The minimum absolute atomic E-state index is 0.237. The molecule has 5 nitrogen and oxygen atoms in total. The Morgan fingerprint density at radius 1 is 1.30 bits per heavy atom. The molecular formula is C18H24N4O. The van der Waals surface area contributed by atoms with Crippen molar-refractivity contribution in [1.82, 2.24) is 14.9 Å². The fourth-order valence-electron chi connectivity index (χ4n) is 3.04. The number of H-pyrrole nitrogens is 1. The van der Waals surface area contributed by atoms with Crippen LogP contribution >= 0.6 is 0 Å². The maximum atomic E-state index is 10.3. The standard InChI is InChI=1S/C18H24N4O/c1-3-4-5-6-9-22-11-15(23)16(17(22)19)18-20-13-8-7-12(2)10-14(13)21-18/h7-8,10,19,23H,3-6,9,11H2,1-2H3,(H,20,21). The van der Waals surface area contributed by atoms with Crippen LogP contribution in [0.15, 0.2) is 24.0 Å². The van der Waals surface area contributed by atoms with Gasteiger partial charge >= 0.3 is 0 Å². The van der Waals surface area contributed by atoms with Crippen molar-refractivity contribution in [3.05, 3.63) is 35.3 Å². The average Bonchev–Trinajstić information content (AvgIpc) is 3.04. The molecule has 122 valence electrons. The molecule has 5 heteroatoms. The first-order valence-electron chi connectivity index (χ1n) is 8.33. The number of rotatable bonds is 6. The zero-order valence-corrected chi connectivity index (χ0v) is 13.8. The van der Waals surface area contributed by atoms with Gasteiger partial charge in [0, 0.05) is 6.54 Å². The van der Waals surface area contributed by atoms with Gasteiger partial charge in [0.2, 0.25) is 0 Å². The predicted octanol–water partition coefficient (Wildman–Crippen LogP) is 4.01. The number of nitrogens with zero attached hydrogens (tertiary/aromatic N) is 2. The number of aromatic amines is 1. The number of aryl methyl sites for hydroxylation is 1. The van der Waals surface area contributed by atoms with Gasteiger partial charge < -0.3 is 15.0 Å². The molecule has 2 aromatic rings. The van der Waals surface area contributed by atoms with Crippen LogP contribution in [0.2, 0.25) is 0 Å². The second kappa shape index (κ2) is 6.44. The Kier molecular flexibility index (Phi) is 4.37. The van der Waals surface area contributed by atoms with Gasteiger partial charge in [0.05, 0.1) is 23.2 Å². The van der Waals surface area contributed by atoms with Crippen molar-refractivity contribution < 1.29 is 5.11 Å². The number of hydrogen-bond acceptors (Lipinski definition) is 3. The van der Waals surface area contributed by atoms with Crippen LogP contribution in [0.5, 0.6) is 0 Å². The van der Waals surface area contributed by atoms with Gasteiger partial charge in [-0.1, -0.05) is 32.3 Å². The molecule has 0 unspecified atom stereocenters. The molecule has 0 radical (unpaired) electrons. The Morgan fingerprint density at radius 3 is 2.91 bits per heavy atom. The van der Waals surface area contributed by atoms with Gasteiger partial charge in [0.15, 0.2) is 0 Å². The largest absolute Gasteiger partial charge is 0.510 e. The second-order valence-electron chi connectivity index (χ2n) is 6.26. The number of amidine groups is 1. The molecule has 0 saturated carbocycles. The van der Waals surface area contributed by atoms with Crippen molar-refractivity contribution in [3.63, 3.8) is 0 Å². The van der Waals surface area contributed by atoms with E-state index >= 15 is 0 Å². The Bertz CT molecular complexity index is 759. The van der Waals surface area contributed by atoms with Crippen molar-refractivity contribution in [2.75, 3.05) is 13.1 Å². The molecule has 0 saturated heterocycles. The molecule has 1 aromatic carbocycles. The highest BCUT2D eigenvalue weighted by Gasteiger charge is 2.29. The van der Waals surface area contributed by atoms with Crippen LogP contribution in [0, 0.1) is 12.3 Å². The van der Waals surface area contributed by atoms with E-state index in [0.29, 0.717) is 23.8 Å². The van der Waals surface area contributed by atoms with Crippen LogP contribution in [0.1, 0.15) is 44.0 Å². The summed E-state index contributed by atoms with van der Waals surface area (Å²) in [5, 5.41) is 18.7. The molecule has 3 N–H and O–H groups in total. The quantitative estimate of drug-likeness (QED) is 0.705. The van der Waals surface area contributed by atoms with Gasteiger partial charge in [-0.3, -0.25) is 5.41 Å². The van der Waals surface area contributed by atoms with Gasteiger partial charge in [-0.15, -0.1) is 0 Å². The van der Waals surface area contributed by atoms with Gasteiger partial charge in [-0.05, 0) is 31.0 Å². The molecule has 0 fully saturated rings. The molecule has 3 rings (SSSR count). The monoisotopic (exact) mass is 312 g/mol. The predicted molar refractivity (Wildman–Crippen MR) is 93.8 cm³/mol. The molecule has 0 aliphatic carbocycles. The second-order valence-corrected chi connectivity index (χ2v) is 6.26. The molecule has 0 bridgehead atoms. The minimum atomic E-state index is 0.237. The molecule has 1 aliphatic heterocycles. The number of fused-ring (bicyclic) bond motifs is 1. The number of aliphatic hydroxyl groups excluding tert-OH is 1. The van der Waals surface area contributed by atoms with E-state index in [1.807, 2.05) is 30.0 Å². The topological polar surface area (TPSA) is 76.0 Å². The van der Waals surface area contributed by atoms with Gasteiger partial charge in [-0.25, -0.2) is 4.98 Å². The van der Waals surface area contributed by atoms with Crippen LogP contribution in [0.4, 0.5) is 0 Å². The lowest BCUT2D eigenvalue weighted by atomic mass is 10.2. The zero-order valence-electron chi connectivity index (χ0n) is 13.8. The number of imidazole rings is 1. The zero-order chi connectivity index (χ0) is 16.4. The molecular weight excluding hydrogens is 288 g/mol. The van der Waals surface area contributed by atoms with E-state index in [-0.39, 0.29) is 5.76 Å². The molecule has 23 heavy (non-hydrogen) atoms. The van der Waals surface area contributed by atoms with Crippen molar-refractivity contribution in [2.45, 2.75) is 39.5 Å². The van der Waals surface area contributed by atoms with E-state index in [1.165, 1.54) is 19.3 Å². The third kappa shape index (κ3) is 3.09. The summed E-state index contributed by atoms with van der Waals surface area (Å²) in [5.74, 6) is 1.19. The first-order valence-corrected chi connectivity index (χ1v) is 8.33. The Morgan fingerprint density at radius 2 is 2.13 bits per heavy atom. The van der Waals surface area contributed by atoms with E-state index in [4.69, 9.17) is 5.41 Å². The van der Waals surface area contributed by atoms with Gasteiger partial charge in [0.1, 0.15) is 17.4 Å². The fraction of sp³-hybridized carbons (Fsp3) is 0.444. The summed E-state index contributed by atoms with van der Waals surface area (Å²) in [6.07, 6.45) is 4.64. The lowest BCUT2D eigenvalue weighted by molar-refractivity contribution is 0.345. The van der Waals surface area contributed by atoms with Crippen molar-refractivity contribution in [3.8, 4) is 0 Å². The molecule has 0 spiro atoms. The summed E-state index contributed by atoms with van der Waals surface area (Å²) >= 11 is 0. The van der Waals surface area contributed by atoms with E-state index < -0.39 is 0 Å². The third-order valence-electron chi connectivity index (χ3n) is 4.34. The van der Waals surface area contributed by atoms with E-state index in [9.17, 15) is 5.11 Å². The average molecular weight is 312 g/mol. The lowest BCUT2D eigenvalue weighted by Crippen LogP contribution is -2.27. The van der Waals surface area contributed by atoms with Crippen molar-refractivity contribution in [1.29, 1.82) is 5.41 Å². The summed E-state index contributed by atoms with van der Waals surface area (Å²) in [6, 6.07) is 6.01. The maximum absolute atomic E-state index is 10.3. The highest BCUT2D eigenvalue weighted by Crippen LogP contribution is 2.27.